The van der Waals surface area contributed by atoms with E-state index < -0.39 is 0 Å². The van der Waals surface area contributed by atoms with Crippen LogP contribution in [0.5, 0.6) is 0 Å². The van der Waals surface area contributed by atoms with Crippen LogP contribution in [0.2, 0.25) is 0 Å². The minimum Gasteiger partial charge on any atom is -0.469 e. The molecular weight excluding hydrogens is 342 g/mol. The van der Waals surface area contributed by atoms with E-state index in [1.165, 1.54) is 27.9 Å². The quantitative estimate of drug-likeness (QED) is 0.506. The molecule has 0 spiro atoms. The molecule has 0 saturated heterocycles. The summed E-state index contributed by atoms with van der Waals surface area (Å²) in [6, 6.07) is 1.85. The summed E-state index contributed by atoms with van der Waals surface area (Å²) in [5.74, 6) is 8.95. The predicted molar refractivity (Wildman–Crippen MR) is 97.4 cm³/mol. The Morgan fingerprint density at radius 1 is 1.38 bits per heavy atom. The zero-order valence-corrected chi connectivity index (χ0v) is 15.7. The van der Waals surface area contributed by atoms with Gasteiger partial charge < -0.3 is 10.3 Å². The maximum atomic E-state index is 6.13. The van der Waals surface area contributed by atoms with Gasteiger partial charge in [-0.2, -0.15) is 0 Å². The molecule has 3 heterocycles. The number of nitrogen functional groups attached to an aromatic ring is 1. The van der Waals surface area contributed by atoms with Crippen LogP contribution < -0.4 is 5.84 Å². The summed E-state index contributed by atoms with van der Waals surface area (Å²) in [5.41, 5.74) is 1.93. The fourth-order valence-electron chi connectivity index (χ4n) is 2.26. The lowest BCUT2D eigenvalue weighted by Crippen LogP contribution is -2.11. The van der Waals surface area contributed by atoms with Gasteiger partial charge in [0.25, 0.3) is 0 Å². The summed E-state index contributed by atoms with van der Waals surface area (Å²) in [4.78, 5) is 4.68. The van der Waals surface area contributed by atoms with Crippen LogP contribution in [0.15, 0.2) is 27.3 Å². The number of furan rings is 1. The first-order valence-electron chi connectivity index (χ1n) is 7.85. The van der Waals surface area contributed by atoms with Crippen LogP contribution in [0.4, 0.5) is 0 Å². The van der Waals surface area contributed by atoms with Crippen LogP contribution in [0.25, 0.3) is 11.4 Å². The molecule has 0 aliphatic heterocycles. The van der Waals surface area contributed by atoms with Gasteiger partial charge in [0, 0.05) is 11.1 Å². The Labute approximate surface area is 149 Å². The normalized spacial score (nSPS) is 11.5. The Bertz CT molecular complexity index is 805. The molecule has 0 aliphatic carbocycles. The lowest BCUT2D eigenvalue weighted by Gasteiger charge is -2.02. The fourth-order valence-corrected chi connectivity index (χ4v) is 3.93. The Balaban J connectivity index is 1.63. The number of aryl methyl sites for hydroxylation is 2. The topological polar surface area (TPSA) is 82.8 Å². The molecule has 128 valence electrons. The average Bonchev–Trinajstić information content (AvgIpc) is 3.24. The van der Waals surface area contributed by atoms with Crippen molar-refractivity contribution in [1.82, 2.24) is 19.9 Å². The molecule has 3 rings (SSSR count). The Kier molecular flexibility index (Phi) is 5.25. The number of hydrogen-bond donors (Lipinski definition) is 1. The van der Waals surface area contributed by atoms with Crippen molar-refractivity contribution in [3.63, 3.8) is 0 Å². The maximum Gasteiger partial charge on any atom is 0.210 e. The fraction of sp³-hybridized carbons (Fsp3) is 0.438. The summed E-state index contributed by atoms with van der Waals surface area (Å²) in [6.07, 6.45) is 3.84. The van der Waals surface area contributed by atoms with Gasteiger partial charge in [0.15, 0.2) is 5.82 Å². The Hall–Kier alpha value is -1.80. The summed E-state index contributed by atoms with van der Waals surface area (Å²) < 4.78 is 6.81. The van der Waals surface area contributed by atoms with Gasteiger partial charge >= 0.3 is 0 Å². The van der Waals surface area contributed by atoms with Gasteiger partial charge in [-0.25, -0.2) is 9.66 Å². The highest BCUT2D eigenvalue weighted by Gasteiger charge is 2.16. The molecule has 0 aliphatic rings. The molecule has 2 N–H and O–H groups in total. The van der Waals surface area contributed by atoms with Gasteiger partial charge in [0.1, 0.15) is 5.76 Å². The lowest BCUT2D eigenvalue weighted by atomic mass is 10.1. The van der Waals surface area contributed by atoms with Gasteiger partial charge in [-0.1, -0.05) is 25.6 Å². The van der Waals surface area contributed by atoms with E-state index in [-0.39, 0.29) is 0 Å². The lowest BCUT2D eigenvalue weighted by molar-refractivity contribution is 0.535. The van der Waals surface area contributed by atoms with Gasteiger partial charge in [-0.05, 0) is 31.7 Å². The van der Waals surface area contributed by atoms with Crippen LogP contribution in [-0.2, 0) is 12.2 Å². The molecule has 24 heavy (non-hydrogen) atoms. The second-order valence-corrected chi connectivity index (χ2v) is 7.91. The van der Waals surface area contributed by atoms with Gasteiger partial charge in [-0.15, -0.1) is 21.5 Å². The summed E-state index contributed by atoms with van der Waals surface area (Å²) in [7, 11) is 0. The van der Waals surface area contributed by atoms with Gasteiger partial charge in [0.05, 0.1) is 22.5 Å². The average molecular weight is 364 g/mol. The molecule has 0 unspecified atom stereocenters. The van der Waals surface area contributed by atoms with E-state index >= 15 is 0 Å². The van der Waals surface area contributed by atoms with Crippen LogP contribution in [-0.4, -0.2) is 19.9 Å². The monoisotopic (exact) mass is 363 g/mol. The molecule has 0 aromatic carbocycles. The van der Waals surface area contributed by atoms with Crippen molar-refractivity contribution < 1.29 is 4.42 Å². The van der Waals surface area contributed by atoms with Gasteiger partial charge in [0.2, 0.25) is 5.16 Å². The van der Waals surface area contributed by atoms with E-state index in [1.54, 1.807) is 17.6 Å². The van der Waals surface area contributed by atoms with Crippen molar-refractivity contribution in [1.29, 1.82) is 0 Å². The number of hydrogen-bond acceptors (Lipinski definition) is 7. The largest absolute Gasteiger partial charge is 0.469 e. The first-order valence-corrected chi connectivity index (χ1v) is 9.72. The number of rotatable bonds is 7. The van der Waals surface area contributed by atoms with E-state index in [0.29, 0.717) is 16.9 Å². The van der Waals surface area contributed by atoms with Crippen molar-refractivity contribution >= 4 is 23.1 Å². The van der Waals surface area contributed by atoms with E-state index in [2.05, 4.69) is 34.4 Å². The number of thioether (sulfide) groups is 1. The molecular formula is C16H21N5OS2. The second-order valence-electron chi connectivity index (χ2n) is 6.02. The minimum atomic E-state index is 0.611. The van der Waals surface area contributed by atoms with Crippen molar-refractivity contribution in [2.24, 2.45) is 5.92 Å². The van der Waals surface area contributed by atoms with E-state index in [9.17, 15) is 0 Å². The molecule has 8 heteroatoms. The third kappa shape index (κ3) is 3.81. The summed E-state index contributed by atoms with van der Waals surface area (Å²) >= 11 is 3.26. The van der Waals surface area contributed by atoms with Crippen LogP contribution in [0, 0.1) is 12.8 Å². The van der Waals surface area contributed by atoms with Crippen LogP contribution >= 0.6 is 23.1 Å². The van der Waals surface area contributed by atoms with Crippen LogP contribution in [0.1, 0.15) is 36.7 Å². The predicted octanol–water partition coefficient (Wildman–Crippen LogP) is 3.90. The molecule has 0 amide bonds. The highest BCUT2D eigenvalue weighted by molar-refractivity contribution is 7.98. The molecule has 3 aromatic heterocycles. The SMILES string of the molecule is Cc1occc1-c1nnc(SCc2csc(CCC(C)C)n2)n1N. The van der Waals surface area contributed by atoms with E-state index in [4.69, 9.17) is 10.3 Å². The van der Waals surface area contributed by atoms with Crippen LogP contribution in [0.3, 0.4) is 0 Å². The number of nitrogens with two attached hydrogens (primary N) is 1. The number of aromatic nitrogens is 4. The van der Waals surface area contributed by atoms with Crippen molar-refractivity contribution in [2.75, 3.05) is 5.84 Å². The molecule has 0 atom stereocenters. The second kappa shape index (κ2) is 7.40. The van der Waals surface area contributed by atoms with Crippen molar-refractivity contribution in [3.8, 4) is 11.4 Å². The standard InChI is InChI=1S/C16H21N5OS2/c1-10(2)4-5-14-18-12(8-23-14)9-24-16-20-19-15(21(16)17)13-6-7-22-11(13)3/h6-8,10H,4-5,9,17H2,1-3H3. The smallest absolute Gasteiger partial charge is 0.210 e. The first kappa shape index (κ1) is 17.0. The molecule has 6 nitrogen and oxygen atoms in total. The number of thiazole rings is 1. The maximum absolute atomic E-state index is 6.13. The van der Waals surface area contributed by atoms with E-state index in [1.807, 2.05) is 13.0 Å². The molecule has 3 aromatic rings. The third-order valence-corrected chi connectivity index (χ3v) is 5.58. The highest BCUT2D eigenvalue weighted by atomic mass is 32.2. The molecule has 0 saturated carbocycles. The molecule has 0 bridgehead atoms. The van der Waals surface area contributed by atoms with Crippen molar-refractivity contribution in [2.45, 2.75) is 44.5 Å². The molecule has 0 fully saturated rings. The first-order chi connectivity index (χ1) is 11.5. The van der Waals surface area contributed by atoms with E-state index in [0.717, 1.165) is 29.2 Å². The third-order valence-electron chi connectivity index (χ3n) is 3.65. The Morgan fingerprint density at radius 3 is 2.92 bits per heavy atom. The zero-order chi connectivity index (χ0) is 17.1. The van der Waals surface area contributed by atoms with Gasteiger partial charge in [-0.3, -0.25) is 0 Å². The zero-order valence-electron chi connectivity index (χ0n) is 14.0. The minimum absolute atomic E-state index is 0.611. The molecule has 0 radical (unpaired) electrons. The highest BCUT2D eigenvalue weighted by Crippen LogP contribution is 2.27. The summed E-state index contributed by atoms with van der Waals surface area (Å²) in [5, 5.41) is 12.3. The summed E-state index contributed by atoms with van der Waals surface area (Å²) in [6.45, 7) is 6.35. The van der Waals surface area contributed by atoms with Crippen molar-refractivity contribution in [3.05, 3.63) is 34.2 Å². The number of nitrogens with zero attached hydrogens (tertiary/aromatic N) is 4. The Morgan fingerprint density at radius 2 is 2.21 bits per heavy atom.